The van der Waals surface area contributed by atoms with Crippen LogP contribution in [0.3, 0.4) is 0 Å². The number of aromatic nitrogens is 2. The van der Waals surface area contributed by atoms with Crippen molar-refractivity contribution in [3.05, 3.63) is 53.3 Å². The highest BCUT2D eigenvalue weighted by Crippen LogP contribution is 2.52. The van der Waals surface area contributed by atoms with Crippen molar-refractivity contribution in [3.63, 3.8) is 0 Å². The molecule has 1 unspecified atom stereocenters. The SMILES string of the molecule is Cn1cc2c(n1)CN(CC1(CN(C(=O)OC(C)(C)C)C3C[C@@H]3c3ccccc3)CC1)C2. The molecule has 2 aliphatic carbocycles. The molecule has 0 saturated heterocycles. The van der Waals surface area contributed by atoms with Gasteiger partial charge in [-0.05, 0) is 45.6 Å². The van der Waals surface area contributed by atoms with Gasteiger partial charge in [0.25, 0.3) is 0 Å². The molecule has 1 aromatic heterocycles. The standard InChI is InChI=1S/C25H34N4O2/c1-24(2,3)31-23(30)29(22-12-20(22)18-8-6-5-7-9-18)17-25(10-11-25)16-28-14-19-13-27(4)26-21(19)15-28/h5-9,13,20,22H,10-12,14-17H2,1-4H3/t20-,22?/m1/s1. The topological polar surface area (TPSA) is 50.6 Å². The zero-order chi connectivity index (χ0) is 21.8. The van der Waals surface area contributed by atoms with Gasteiger partial charge in [-0.1, -0.05) is 30.3 Å². The van der Waals surface area contributed by atoms with Crippen LogP contribution in [0.25, 0.3) is 0 Å². The molecule has 2 aromatic rings. The van der Waals surface area contributed by atoms with Crippen LogP contribution in [0.4, 0.5) is 4.79 Å². The van der Waals surface area contributed by atoms with Crippen molar-refractivity contribution in [1.29, 1.82) is 0 Å². The van der Waals surface area contributed by atoms with Crippen molar-refractivity contribution in [3.8, 4) is 0 Å². The predicted molar refractivity (Wildman–Crippen MR) is 120 cm³/mol. The van der Waals surface area contributed by atoms with Crippen LogP contribution in [0.15, 0.2) is 36.5 Å². The molecule has 1 aromatic carbocycles. The Hall–Kier alpha value is -2.34. The fourth-order valence-electron chi connectivity index (χ4n) is 5.07. The number of carbonyl (C=O) groups is 1. The first-order valence-electron chi connectivity index (χ1n) is 11.5. The average molecular weight is 423 g/mol. The number of aryl methyl sites for hydroxylation is 1. The van der Waals surface area contributed by atoms with E-state index < -0.39 is 5.60 Å². The van der Waals surface area contributed by atoms with Crippen LogP contribution in [0, 0.1) is 5.41 Å². The maximum atomic E-state index is 13.2. The number of nitrogens with zero attached hydrogens (tertiary/aromatic N) is 4. The first-order valence-corrected chi connectivity index (χ1v) is 11.5. The Balaban J connectivity index is 1.28. The number of amides is 1. The first-order chi connectivity index (χ1) is 14.7. The van der Waals surface area contributed by atoms with E-state index in [2.05, 4.69) is 51.4 Å². The lowest BCUT2D eigenvalue weighted by atomic mass is 10.1. The Labute approximate surface area is 185 Å². The number of fused-ring (bicyclic) bond motifs is 1. The summed E-state index contributed by atoms with van der Waals surface area (Å²) in [5.41, 5.74) is 3.58. The van der Waals surface area contributed by atoms with Gasteiger partial charge in [-0.15, -0.1) is 0 Å². The van der Waals surface area contributed by atoms with Crippen molar-refractivity contribution < 1.29 is 9.53 Å². The molecular formula is C25H34N4O2. The molecule has 2 fully saturated rings. The van der Waals surface area contributed by atoms with Gasteiger partial charge in [-0.3, -0.25) is 9.58 Å². The van der Waals surface area contributed by atoms with E-state index in [4.69, 9.17) is 4.74 Å². The van der Waals surface area contributed by atoms with Crippen molar-refractivity contribution in [2.45, 2.75) is 70.7 Å². The van der Waals surface area contributed by atoms with E-state index in [1.807, 2.05) is 32.5 Å². The molecule has 0 N–H and O–H groups in total. The highest BCUT2D eigenvalue weighted by Gasteiger charge is 2.52. The minimum Gasteiger partial charge on any atom is -0.444 e. The highest BCUT2D eigenvalue weighted by atomic mass is 16.6. The lowest BCUT2D eigenvalue weighted by Gasteiger charge is -2.32. The molecule has 6 heteroatoms. The summed E-state index contributed by atoms with van der Waals surface area (Å²) >= 11 is 0. The normalized spacial score (nSPS) is 24.0. The van der Waals surface area contributed by atoms with Crippen molar-refractivity contribution >= 4 is 6.09 Å². The quantitative estimate of drug-likeness (QED) is 0.696. The van der Waals surface area contributed by atoms with Crippen LogP contribution in [0.1, 0.15) is 62.8 Å². The van der Waals surface area contributed by atoms with Gasteiger partial charge in [0, 0.05) is 62.4 Å². The molecule has 2 saturated carbocycles. The van der Waals surface area contributed by atoms with Gasteiger partial charge in [0.05, 0.1) is 5.69 Å². The number of hydrogen-bond acceptors (Lipinski definition) is 4. The van der Waals surface area contributed by atoms with Crippen molar-refractivity contribution in [1.82, 2.24) is 19.6 Å². The number of rotatable bonds is 6. The van der Waals surface area contributed by atoms with E-state index in [1.165, 1.54) is 29.7 Å². The molecule has 1 amide bonds. The Morgan fingerprint density at radius 3 is 2.61 bits per heavy atom. The summed E-state index contributed by atoms with van der Waals surface area (Å²) in [5, 5.41) is 4.59. The molecule has 166 valence electrons. The van der Waals surface area contributed by atoms with E-state index in [0.717, 1.165) is 32.6 Å². The smallest absolute Gasteiger partial charge is 0.410 e. The van der Waals surface area contributed by atoms with Gasteiger partial charge in [0.15, 0.2) is 0 Å². The van der Waals surface area contributed by atoms with Crippen LogP contribution >= 0.6 is 0 Å². The molecule has 0 bridgehead atoms. The Morgan fingerprint density at radius 1 is 1.23 bits per heavy atom. The van der Waals surface area contributed by atoms with Crippen LogP contribution in [-0.4, -0.2) is 50.4 Å². The summed E-state index contributed by atoms with van der Waals surface area (Å²) in [6.45, 7) is 9.55. The van der Waals surface area contributed by atoms with Gasteiger partial charge in [0.2, 0.25) is 0 Å². The first kappa shape index (κ1) is 20.6. The second kappa shape index (κ2) is 7.37. The van der Waals surface area contributed by atoms with E-state index in [0.29, 0.717) is 5.92 Å². The van der Waals surface area contributed by atoms with Gasteiger partial charge in [-0.25, -0.2) is 4.79 Å². The van der Waals surface area contributed by atoms with E-state index in [1.54, 1.807) is 0 Å². The maximum absolute atomic E-state index is 13.2. The Bertz CT molecular complexity index is 934. The maximum Gasteiger partial charge on any atom is 0.410 e. The fourth-order valence-corrected chi connectivity index (χ4v) is 5.07. The summed E-state index contributed by atoms with van der Waals surface area (Å²) < 4.78 is 7.75. The molecule has 3 aliphatic rings. The van der Waals surface area contributed by atoms with Crippen LogP contribution in [0.2, 0.25) is 0 Å². The fraction of sp³-hybridized carbons (Fsp3) is 0.600. The Kier molecular flexibility index (Phi) is 4.88. The van der Waals surface area contributed by atoms with Crippen molar-refractivity contribution in [2.75, 3.05) is 13.1 Å². The predicted octanol–water partition coefficient (Wildman–Crippen LogP) is 4.31. The third-order valence-electron chi connectivity index (χ3n) is 6.79. The molecule has 0 spiro atoms. The number of hydrogen-bond donors (Lipinski definition) is 0. The molecule has 2 heterocycles. The minimum absolute atomic E-state index is 0.158. The summed E-state index contributed by atoms with van der Waals surface area (Å²) in [5.74, 6) is 0.422. The van der Waals surface area contributed by atoms with Crippen LogP contribution < -0.4 is 0 Å². The number of ether oxygens (including phenoxy) is 1. The molecule has 0 radical (unpaired) electrons. The lowest BCUT2D eigenvalue weighted by Crippen LogP contribution is -2.44. The van der Waals surface area contributed by atoms with E-state index in [-0.39, 0.29) is 17.6 Å². The van der Waals surface area contributed by atoms with Gasteiger partial charge >= 0.3 is 6.09 Å². The average Bonchev–Trinajstić information content (AvgIpc) is 3.56. The molecule has 6 nitrogen and oxygen atoms in total. The van der Waals surface area contributed by atoms with Crippen molar-refractivity contribution in [2.24, 2.45) is 12.5 Å². The second-order valence-electron chi connectivity index (χ2n) is 10.8. The van der Waals surface area contributed by atoms with Gasteiger partial charge in [-0.2, -0.15) is 5.10 Å². The van der Waals surface area contributed by atoms with Crippen LogP contribution in [0.5, 0.6) is 0 Å². The summed E-state index contributed by atoms with van der Waals surface area (Å²) in [7, 11) is 1.99. The van der Waals surface area contributed by atoms with E-state index >= 15 is 0 Å². The second-order valence-corrected chi connectivity index (χ2v) is 10.8. The Morgan fingerprint density at radius 2 is 1.97 bits per heavy atom. The minimum atomic E-state index is -0.480. The largest absolute Gasteiger partial charge is 0.444 e. The molecular weight excluding hydrogens is 388 g/mol. The number of benzene rings is 1. The molecule has 5 rings (SSSR count). The lowest BCUT2D eigenvalue weighted by molar-refractivity contribution is 0.0169. The molecule has 2 atom stereocenters. The third-order valence-corrected chi connectivity index (χ3v) is 6.79. The zero-order valence-electron chi connectivity index (χ0n) is 19.2. The summed E-state index contributed by atoms with van der Waals surface area (Å²) in [6, 6.07) is 10.8. The van der Waals surface area contributed by atoms with E-state index in [9.17, 15) is 4.79 Å². The molecule has 1 aliphatic heterocycles. The third kappa shape index (κ3) is 4.49. The van der Waals surface area contributed by atoms with Gasteiger partial charge < -0.3 is 9.64 Å². The monoisotopic (exact) mass is 422 g/mol. The van der Waals surface area contributed by atoms with Crippen LogP contribution in [-0.2, 0) is 24.9 Å². The summed E-state index contributed by atoms with van der Waals surface area (Å²) in [6.07, 6.45) is 5.36. The summed E-state index contributed by atoms with van der Waals surface area (Å²) in [4.78, 5) is 17.8. The van der Waals surface area contributed by atoms with Gasteiger partial charge in [0.1, 0.15) is 5.60 Å². The highest BCUT2D eigenvalue weighted by molar-refractivity contribution is 5.69. The molecule has 31 heavy (non-hydrogen) atoms. The number of carbonyl (C=O) groups excluding carboxylic acids is 1. The zero-order valence-corrected chi connectivity index (χ0v) is 19.2.